The first kappa shape index (κ1) is 23.2. The normalized spacial score (nSPS) is 11.1. The summed E-state index contributed by atoms with van der Waals surface area (Å²) in [7, 11) is -2.40. The van der Waals surface area contributed by atoms with Crippen LogP contribution in [0.25, 0.3) is 0 Å². The number of rotatable bonds is 7. The molecule has 0 heterocycles. The zero-order valence-corrected chi connectivity index (χ0v) is 18.9. The number of aryl methyl sites for hydroxylation is 1. The highest BCUT2D eigenvalue weighted by Crippen LogP contribution is 2.24. The van der Waals surface area contributed by atoms with Crippen molar-refractivity contribution in [2.24, 2.45) is 0 Å². The molecule has 0 spiro atoms. The third-order valence-electron chi connectivity index (χ3n) is 4.69. The van der Waals surface area contributed by atoms with E-state index in [1.54, 1.807) is 24.3 Å². The van der Waals surface area contributed by atoms with Gasteiger partial charge in [0.05, 0.1) is 9.82 Å². The van der Waals surface area contributed by atoms with Gasteiger partial charge in [0.15, 0.2) is 0 Å². The molecule has 3 aromatic carbocycles. The van der Waals surface area contributed by atoms with Crippen LogP contribution in [0.1, 0.15) is 21.5 Å². The number of non-ortho nitro benzene ring substituents is 1. The van der Waals surface area contributed by atoms with Gasteiger partial charge in [0.2, 0.25) is 0 Å². The number of nitro benzene ring substituents is 1. The second-order valence-corrected chi connectivity index (χ2v) is 9.28. The van der Waals surface area contributed by atoms with E-state index in [-0.39, 0.29) is 27.7 Å². The molecule has 0 saturated carbocycles. The minimum atomic E-state index is -3.91. The molecule has 1 N–H and O–H groups in total. The molecule has 166 valence electrons. The van der Waals surface area contributed by atoms with Crippen LogP contribution < -0.4 is 4.72 Å². The van der Waals surface area contributed by atoms with Crippen LogP contribution in [-0.4, -0.2) is 31.2 Å². The summed E-state index contributed by atoms with van der Waals surface area (Å²) in [6, 6.07) is 16.5. The van der Waals surface area contributed by atoms with Crippen molar-refractivity contribution in [3.05, 3.63) is 98.6 Å². The summed E-state index contributed by atoms with van der Waals surface area (Å²) in [5, 5.41) is 11.3. The summed E-state index contributed by atoms with van der Waals surface area (Å²) in [6.07, 6.45) is 0. The molecule has 0 aliphatic rings. The average molecular weight is 474 g/mol. The second-order valence-electron chi connectivity index (χ2n) is 7.19. The molecule has 10 heteroatoms. The van der Waals surface area contributed by atoms with E-state index < -0.39 is 20.9 Å². The van der Waals surface area contributed by atoms with E-state index in [2.05, 4.69) is 4.72 Å². The number of nitro groups is 1. The monoisotopic (exact) mass is 473 g/mol. The fourth-order valence-corrected chi connectivity index (χ4v) is 4.26. The zero-order chi connectivity index (χ0) is 23.5. The summed E-state index contributed by atoms with van der Waals surface area (Å²) in [6.45, 7) is 1.91. The lowest BCUT2D eigenvalue weighted by Crippen LogP contribution is -2.26. The van der Waals surface area contributed by atoms with Crippen LogP contribution in [0, 0.1) is 17.0 Å². The first-order chi connectivity index (χ1) is 15.1. The number of sulfonamides is 1. The highest BCUT2D eigenvalue weighted by Gasteiger charge is 2.20. The van der Waals surface area contributed by atoms with Gasteiger partial charge in [0.25, 0.3) is 21.6 Å². The number of carbonyl (C=O) groups excluding carboxylic acids is 1. The van der Waals surface area contributed by atoms with E-state index >= 15 is 0 Å². The van der Waals surface area contributed by atoms with Crippen LogP contribution in [0.3, 0.4) is 0 Å². The van der Waals surface area contributed by atoms with E-state index in [1.165, 1.54) is 54.4 Å². The molecule has 0 aliphatic heterocycles. The van der Waals surface area contributed by atoms with Crippen LogP contribution in [0.15, 0.2) is 71.6 Å². The Hall–Kier alpha value is -3.43. The van der Waals surface area contributed by atoms with E-state index in [0.29, 0.717) is 11.3 Å². The van der Waals surface area contributed by atoms with Crippen molar-refractivity contribution in [3.8, 4) is 0 Å². The van der Waals surface area contributed by atoms with Crippen molar-refractivity contribution in [2.45, 2.75) is 18.4 Å². The van der Waals surface area contributed by atoms with Gasteiger partial charge in [-0.1, -0.05) is 35.4 Å². The van der Waals surface area contributed by atoms with Gasteiger partial charge in [0, 0.05) is 42.0 Å². The van der Waals surface area contributed by atoms with E-state index in [9.17, 15) is 23.3 Å². The Morgan fingerprint density at radius 2 is 1.78 bits per heavy atom. The SMILES string of the molecule is Cc1ccc(NS(=O)(=O)c2cccc(C(=O)N(C)Cc3cc([N+](=O)[O-])ccc3Cl)c2)cc1. The molecule has 3 aromatic rings. The average Bonchev–Trinajstić information content (AvgIpc) is 2.76. The summed E-state index contributed by atoms with van der Waals surface area (Å²) in [4.78, 5) is 24.6. The highest BCUT2D eigenvalue weighted by atomic mass is 35.5. The lowest BCUT2D eigenvalue weighted by Gasteiger charge is -2.18. The van der Waals surface area contributed by atoms with Crippen LogP contribution in [0.2, 0.25) is 5.02 Å². The number of carbonyl (C=O) groups is 1. The molecular formula is C22H20ClN3O5S. The maximum atomic E-state index is 12.9. The predicted octanol–water partition coefficient (Wildman–Crippen LogP) is 4.63. The maximum Gasteiger partial charge on any atom is 0.269 e. The number of benzene rings is 3. The molecule has 1 amide bonds. The van der Waals surface area contributed by atoms with Gasteiger partial charge in [-0.15, -0.1) is 0 Å². The van der Waals surface area contributed by atoms with Crippen molar-refractivity contribution in [1.82, 2.24) is 4.90 Å². The first-order valence-corrected chi connectivity index (χ1v) is 11.3. The maximum absolute atomic E-state index is 12.9. The lowest BCUT2D eigenvalue weighted by molar-refractivity contribution is -0.384. The van der Waals surface area contributed by atoms with Gasteiger partial charge < -0.3 is 4.90 Å². The van der Waals surface area contributed by atoms with Crippen molar-refractivity contribution >= 4 is 38.9 Å². The molecule has 8 nitrogen and oxygen atoms in total. The Morgan fingerprint density at radius 1 is 1.09 bits per heavy atom. The molecule has 0 unspecified atom stereocenters. The summed E-state index contributed by atoms with van der Waals surface area (Å²) in [5.41, 5.74) is 1.82. The summed E-state index contributed by atoms with van der Waals surface area (Å²) in [5.74, 6) is -0.458. The predicted molar refractivity (Wildman–Crippen MR) is 122 cm³/mol. The number of anilines is 1. The zero-order valence-electron chi connectivity index (χ0n) is 17.3. The number of hydrogen-bond donors (Lipinski definition) is 1. The molecule has 0 bridgehead atoms. The smallest absolute Gasteiger partial charge is 0.269 e. The van der Waals surface area contributed by atoms with Gasteiger partial charge in [0.1, 0.15) is 0 Å². The minimum absolute atomic E-state index is 0.0118. The van der Waals surface area contributed by atoms with Gasteiger partial charge in [-0.3, -0.25) is 19.6 Å². The van der Waals surface area contributed by atoms with Crippen LogP contribution in [0.4, 0.5) is 11.4 Å². The number of halogens is 1. The van der Waals surface area contributed by atoms with Crippen molar-refractivity contribution in [3.63, 3.8) is 0 Å². The van der Waals surface area contributed by atoms with Crippen molar-refractivity contribution in [2.75, 3.05) is 11.8 Å². The third kappa shape index (κ3) is 5.43. The molecule has 0 saturated heterocycles. The quantitative estimate of drug-likeness (QED) is 0.397. The second kappa shape index (κ2) is 9.37. The standard InChI is InChI=1S/C22H20ClN3O5S/c1-15-6-8-18(9-7-15)24-32(30,31)20-5-3-4-16(13-20)22(27)25(2)14-17-12-19(26(28)29)10-11-21(17)23/h3-13,24H,14H2,1-2H3. The van der Waals surface area contributed by atoms with Crippen molar-refractivity contribution in [1.29, 1.82) is 0 Å². The van der Waals surface area contributed by atoms with Crippen LogP contribution in [0.5, 0.6) is 0 Å². The molecule has 0 aromatic heterocycles. The Bertz CT molecular complexity index is 1280. The molecule has 0 atom stereocenters. The van der Waals surface area contributed by atoms with Gasteiger partial charge in [-0.2, -0.15) is 0 Å². The molecule has 0 aliphatic carbocycles. The van der Waals surface area contributed by atoms with E-state index in [0.717, 1.165) is 5.56 Å². The van der Waals surface area contributed by atoms with Crippen LogP contribution >= 0.6 is 11.6 Å². The first-order valence-electron chi connectivity index (χ1n) is 9.44. The Kier molecular flexibility index (Phi) is 6.81. The highest BCUT2D eigenvalue weighted by molar-refractivity contribution is 7.92. The van der Waals surface area contributed by atoms with Crippen LogP contribution in [-0.2, 0) is 16.6 Å². The van der Waals surface area contributed by atoms with Gasteiger partial charge in [-0.05, 0) is 48.9 Å². The number of hydrogen-bond acceptors (Lipinski definition) is 5. The van der Waals surface area contributed by atoms with Gasteiger partial charge in [-0.25, -0.2) is 8.42 Å². The fraction of sp³-hybridized carbons (Fsp3) is 0.136. The van der Waals surface area contributed by atoms with Crippen molar-refractivity contribution < 1.29 is 18.1 Å². The third-order valence-corrected chi connectivity index (χ3v) is 6.44. The Morgan fingerprint density at radius 3 is 2.44 bits per heavy atom. The molecule has 0 radical (unpaired) electrons. The Balaban J connectivity index is 1.81. The number of nitrogens with zero attached hydrogens (tertiary/aromatic N) is 2. The molecule has 3 rings (SSSR count). The molecule has 32 heavy (non-hydrogen) atoms. The fourth-order valence-electron chi connectivity index (χ4n) is 2.98. The summed E-state index contributed by atoms with van der Waals surface area (Å²) < 4.78 is 28.0. The lowest BCUT2D eigenvalue weighted by atomic mass is 10.1. The Labute approximate surface area is 190 Å². The molecule has 0 fully saturated rings. The summed E-state index contributed by atoms with van der Waals surface area (Å²) >= 11 is 6.12. The van der Waals surface area contributed by atoms with Gasteiger partial charge >= 0.3 is 0 Å². The van der Waals surface area contributed by atoms with E-state index in [4.69, 9.17) is 11.6 Å². The number of amides is 1. The minimum Gasteiger partial charge on any atom is -0.337 e. The largest absolute Gasteiger partial charge is 0.337 e. The molecular weight excluding hydrogens is 454 g/mol. The van der Waals surface area contributed by atoms with E-state index in [1.807, 2.05) is 6.92 Å². The topological polar surface area (TPSA) is 110 Å². The number of nitrogens with one attached hydrogen (secondary N) is 1.